The van der Waals surface area contributed by atoms with Crippen molar-refractivity contribution in [2.45, 2.75) is 39.3 Å². The molecular formula is C16H26ClN3O. The summed E-state index contributed by atoms with van der Waals surface area (Å²) in [6, 6.07) is 2.02. The Hall–Kier alpha value is -0.840. The number of rotatable bonds is 5. The summed E-state index contributed by atoms with van der Waals surface area (Å²) in [6.07, 6.45) is 3.06. The zero-order valence-electron chi connectivity index (χ0n) is 13.4. The van der Waals surface area contributed by atoms with E-state index in [0.717, 1.165) is 49.1 Å². The van der Waals surface area contributed by atoms with Crippen molar-refractivity contribution in [2.24, 2.45) is 5.92 Å². The molecule has 1 saturated heterocycles. The van der Waals surface area contributed by atoms with Gasteiger partial charge in [-0.2, -0.15) is 0 Å². The van der Waals surface area contributed by atoms with Gasteiger partial charge in [0.2, 0.25) is 0 Å². The molecule has 0 aliphatic carbocycles. The van der Waals surface area contributed by atoms with Crippen LogP contribution in [-0.4, -0.2) is 37.3 Å². The number of hydrogen-bond acceptors (Lipinski definition) is 4. The van der Waals surface area contributed by atoms with E-state index in [0.29, 0.717) is 5.92 Å². The maximum absolute atomic E-state index is 6.42. The van der Waals surface area contributed by atoms with Gasteiger partial charge in [0.1, 0.15) is 5.82 Å². The van der Waals surface area contributed by atoms with Gasteiger partial charge in [-0.1, -0.05) is 11.6 Å². The molecule has 21 heavy (non-hydrogen) atoms. The number of pyridine rings is 1. The van der Waals surface area contributed by atoms with Crippen molar-refractivity contribution in [3.63, 3.8) is 0 Å². The second-order valence-corrected chi connectivity index (χ2v) is 7.22. The molecule has 0 amide bonds. The number of nitrogens with one attached hydrogen (secondary N) is 1. The van der Waals surface area contributed by atoms with E-state index in [2.05, 4.69) is 36.0 Å². The molecule has 2 rings (SSSR count). The van der Waals surface area contributed by atoms with Crippen molar-refractivity contribution in [3.05, 3.63) is 22.8 Å². The van der Waals surface area contributed by atoms with Gasteiger partial charge in [-0.25, -0.2) is 4.98 Å². The van der Waals surface area contributed by atoms with Crippen LogP contribution in [0, 0.1) is 5.92 Å². The van der Waals surface area contributed by atoms with Crippen molar-refractivity contribution in [1.29, 1.82) is 0 Å². The Morgan fingerprint density at radius 1 is 1.48 bits per heavy atom. The Balaban J connectivity index is 1.99. The molecule has 0 spiro atoms. The number of methoxy groups -OCH3 is 1. The number of nitrogens with zero attached hydrogens (tertiary/aromatic N) is 2. The summed E-state index contributed by atoms with van der Waals surface area (Å²) in [4.78, 5) is 6.83. The van der Waals surface area contributed by atoms with Crippen molar-refractivity contribution < 1.29 is 4.74 Å². The molecule has 1 aliphatic heterocycles. The molecule has 1 aromatic heterocycles. The molecule has 4 nitrogen and oxygen atoms in total. The smallest absolute Gasteiger partial charge is 0.147 e. The lowest BCUT2D eigenvalue weighted by atomic mass is 10.1. The average molecular weight is 312 g/mol. The van der Waals surface area contributed by atoms with Crippen LogP contribution < -0.4 is 10.2 Å². The van der Waals surface area contributed by atoms with Crippen LogP contribution in [0.1, 0.15) is 32.8 Å². The predicted octanol–water partition coefficient (Wildman–Crippen LogP) is 3.10. The minimum atomic E-state index is 0.0907. The van der Waals surface area contributed by atoms with Crippen LogP contribution in [-0.2, 0) is 11.3 Å². The van der Waals surface area contributed by atoms with Crippen LogP contribution in [0.25, 0.3) is 0 Å². The fourth-order valence-electron chi connectivity index (χ4n) is 2.56. The molecular weight excluding hydrogens is 286 g/mol. The molecule has 5 heteroatoms. The Morgan fingerprint density at radius 3 is 2.86 bits per heavy atom. The van der Waals surface area contributed by atoms with E-state index in [1.807, 2.05) is 12.3 Å². The Morgan fingerprint density at radius 2 is 2.24 bits per heavy atom. The maximum Gasteiger partial charge on any atom is 0.147 e. The molecule has 0 saturated carbocycles. The Bertz CT molecular complexity index is 473. The molecule has 1 unspecified atom stereocenters. The topological polar surface area (TPSA) is 37.4 Å². The van der Waals surface area contributed by atoms with Gasteiger partial charge in [-0.3, -0.25) is 0 Å². The Labute approximate surface area is 132 Å². The lowest BCUT2D eigenvalue weighted by Crippen LogP contribution is -2.35. The van der Waals surface area contributed by atoms with Crippen molar-refractivity contribution >= 4 is 17.4 Å². The number of hydrogen-bond donors (Lipinski definition) is 1. The van der Waals surface area contributed by atoms with Gasteiger partial charge in [0, 0.05) is 44.4 Å². The van der Waals surface area contributed by atoms with Gasteiger partial charge in [-0.15, -0.1) is 0 Å². The van der Waals surface area contributed by atoms with Gasteiger partial charge in [0.25, 0.3) is 0 Å². The first-order valence-corrected chi connectivity index (χ1v) is 7.90. The maximum atomic E-state index is 6.42. The third kappa shape index (κ3) is 4.83. The van der Waals surface area contributed by atoms with Gasteiger partial charge in [0.05, 0.1) is 11.6 Å². The van der Waals surface area contributed by atoms with Crippen molar-refractivity contribution in [1.82, 2.24) is 10.3 Å². The highest BCUT2D eigenvalue weighted by Crippen LogP contribution is 2.29. The lowest BCUT2D eigenvalue weighted by Gasteiger charge is -2.22. The summed E-state index contributed by atoms with van der Waals surface area (Å²) >= 11 is 6.42. The van der Waals surface area contributed by atoms with Crippen molar-refractivity contribution in [2.75, 3.05) is 31.7 Å². The van der Waals surface area contributed by atoms with Gasteiger partial charge < -0.3 is 15.0 Å². The summed E-state index contributed by atoms with van der Waals surface area (Å²) in [5.41, 5.74) is 1.21. The zero-order chi connectivity index (χ0) is 15.5. The molecule has 2 heterocycles. The van der Waals surface area contributed by atoms with E-state index in [-0.39, 0.29) is 5.54 Å². The quantitative estimate of drug-likeness (QED) is 0.906. The van der Waals surface area contributed by atoms with Crippen LogP contribution in [0.3, 0.4) is 0 Å². The first-order chi connectivity index (χ1) is 9.89. The second kappa shape index (κ2) is 6.95. The molecule has 0 aromatic carbocycles. The zero-order valence-corrected chi connectivity index (χ0v) is 14.2. The molecule has 1 aliphatic rings. The average Bonchev–Trinajstić information content (AvgIpc) is 2.84. The molecule has 1 atom stereocenters. The van der Waals surface area contributed by atoms with E-state index in [1.165, 1.54) is 0 Å². The van der Waals surface area contributed by atoms with Crippen LogP contribution in [0.2, 0.25) is 5.02 Å². The first-order valence-electron chi connectivity index (χ1n) is 7.52. The largest absolute Gasteiger partial charge is 0.384 e. The molecule has 1 N–H and O–H groups in total. The number of aromatic nitrogens is 1. The van der Waals surface area contributed by atoms with E-state index >= 15 is 0 Å². The van der Waals surface area contributed by atoms with E-state index < -0.39 is 0 Å². The molecule has 0 bridgehead atoms. The fourth-order valence-corrected chi connectivity index (χ4v) is 2.87. The van der Waals surface area contributed by atoms with Crippen LogP contribution >= 0.6 is 11.6 Å². The highest BCUT2D eigenvalue weighted by atomic mass is 35.5. The van der Waals surface area contributed by atoms with Gasteiger partial charge in [0.15, 0.2) is 0 Å². The first kappa shape index (κ1) is 16.5. The highest BCUT2D eigenvalue weighted by molar-refractivity contribution is 6.33. The minimum Gasteiger partial charge on any atom is -0.384 e. The SMILES string of the molecule is COCC1CCN(c2ncc(CNC(C)(C)C)cc2Cl)C1. The monoisotopic (exact) mass is 311 g/mol. The van der Waals surface area contributed by atoms with Gasteiger partial charge >= 0.3 is 0 Å². The van der Waals surface area contributed by atoms with Crippen LogP contribution in [0.4, 0.5) is 5.82 Å². The summed E-state index contributed by atoms with van der Waals surface area (Å²) in [7, 11) is 1.75. The third-order valence-electron chi connectivity index (χ3n) is 3.69. The third-order valence-corrected chi connectivity index (χ3v) is 3.97. The molecule has 1 aromatic rings. The summed E-state index contributed by atoms with van der Waals surface area (Å²) in [5.74, 6) is 1.48. The van der Waals surface area contributed by atoms with Gasteiger partial charge in [-0.05, 0) is 38.8 Å². The summed E-state index contributed by atoms with van der Waals surface area (Å²) in [6.45, 7) is 10.0. The van der Waals surface area contributed by atoms with E-state index in [4.69, 9.17) is 16.3 Å². The lowest BCUT2D eigenvalue weighted by molar-refractivity contribution is 0.161. The number of ether oxygens (including phenoxy) is 1. The van der Waals surface area contributed by atoms with Crippen molar-refractivity contribution in [3.8, 4) is 0 Å². The Kier molecular flexibility index (Phi) is 5.47. The summed E-state index contributed by atoms with van der Waals surface area (Å²) < 4.78 is 5.23. The minimum absolute atomic E-state index is 0.0907. The molecule has 118 valence electrons. The number of halogens is 1. The molecule has 1 fully saturated rings. The standard InChI is InChI=1S/C16H26ClN3O/c1-16(2,3)19-9-13-7-14(17)15(18-8-13)20-6-5-12(10-20)11-21-4/h7-8,12,19H,5-6,9-11H2,1-4H3. The fraction of sp³-hybridized carbons (Fsp3) is 0.688. The summed E-state index contributed by atoms with van der Waals surface area (Å²) in [5, 5.41) is 4.19. The normalized spacial score (nSPS) is 19.3. The highest BCUT2D eigenvalue weighted by Gasteiger charge is 2.25. The predicted molar refractivity (Wildman–Crippen MR) is 88.0 cm³/mol. The van der Waals surface area contributed by atoms with Crippen LogP contribution in [0.15, 0.2) is 12.3 Å². The van der Waals surface area contributed by atoms with E-state index in [9.17, 15) is 0 Å². The van der Waals surface area contributed by atoms with Crippen LogP contribution in [0.5, 0.6) is 0 Å². The molecule has 0 radical (unpaired) electrons. The second-order valence-electron chi connectivity index (χ2n) is 6.81. The number of anilines is 1. The van der Waals surface area contributed by atoms with E-state index in [1.54, 1.807) is 7.11 Å².